The number of aryl methyl sites for hydroxylation is 1. The lowest BCUT2D eigenvalue weighted by Gasteiger charge is -1.92. The van der Waals surface area contributed by atoms with E-state index >= 15 is 0 Å². The van der Waals surface area contributed by atoms with E-state index in [2.05, 4.69) is 10.2 Å². The van der Waals surface area contributed by atoms with Crippen molar-refractivity contribution in [3.8, 4) is 0 Å². The standard InChI is InChI=1S/C6H9N3O3/c1-4-6(9(10)11)5(3-12-2)8-7-4/h3H2,1-2H3,(H,7,8). The molecule has 1 aromatic rings. The fraction of sp³-hybridized carbons (Fsp3) is 0.500. The van der Waals surface area contributed by atoms with Crippen LogP contribution in [0.25, 0.3) is 0 Å². The highest BCUT2D eigenvalue weighted by molar-refractivity contribution is 5.38. The maximum atomic E-state index is 10.5. The molecule has 0 aliphatic carbocycles. The van der Waals surface area contributed by atoms with E-state index in [0.717, 1.165) is 0 Å². The van der Waals surface area contributed by atoms with Crippen LogP contribution < -0.4 is 0 Å². The summed E-state index contributed by atoms with van der Waals surface area (Å²) in [6, 6.07) is 0. The van der Waals surface area contributed by atoms with E-state index in [1.165, 1.54) is 7.11 Å². The van der Waals surface area contributed by atoms with Gasteiger partial charge < -0.3 is 4.74 Å². The van der Waals surface area contributed by atoms with Crippen molar-refractivity contribution in [2.45, 2.75) is 13.5 Å². The number of aromatic amines is 1. The van der Waals surface area contributed by atoms with Crippen LogP contribution in [-0.4, -0.2) is 22.2 Å². The summed E-state index contributed by atoms with van der Waals surface area (Å²) in [5.41, 5.74) is 0.795. The Hall–Kier alpha value is -1.43. The Bertz CT molecular complexity index is 294. The number of nitrogens with one attached hydrogen (secondary N) is 1. The maximum Gasteiger partial charge on any atom is 0.315 e. The third kappa shape index (κ3) is 1.42. The first-order valence-corrected chi connectivity index (χ1v) is 3.34. The number of nitrogens with zero attached hydrogens (tertiary/aromatic N) is 2. The second-order valence-electron chi connectivity index (χ2n) is 2.33. The van der Waals surface area contributed by atoms with Crippen LogP contribution in [0.1, 0.15) is 11.4 Å². The lowest BCUT2D eigenvalue weighted by molar-refractivity contribution is -0.386. The number of H-pyrrole nitrogens is 1. The van der Waals surface area contributed by atoms with Crippen LogP contribution in [0.15, 0.2) is 0 Å². The number of aromatic nitrogens is 2. The summed E-state index contributed by atoms with van der Waals surface area (Å²) in [5.74, 6) is 0. The zero-order chi connectivity index (χ0) is 9.14. The van der Waals surface area contributed by atoms with Crippen molar-refractivity contribution in [2.24, 2.45) is 0 Å². The normalized spacial score (nSPS) is 10.2. The summed E-state index contributed by atoms with van der Waals surface area (Å²) in [6.45, 7) is 1.75. The number of hydrogen-bond donors (Lipinski definition) is 1. The molecule has 0 amide bonds. The van der Waals surface area contributed by atoms with E-state index in [-0.39, 0.29) is 12.3 Å². The van der Waals surface area contributed by atoms with Crippen molar-refractivity contribution in [2.75, 3.05) is 7.11 Å². The molecule has 0 bridgehead atoms. The van der Waals surface area contributed by atoms with Crippen molar-refractivity contribution in [1.29, 1.82) is 0 Å². The molecule has 6 nitrogen and oxygen atoms in total. The Kier molecular flexibility index (Phi) is 2.39. The van der Waals surface area contributed by atoms with Gasteiger partial charge in [-0.1, -0.05) is 0 Å². The molecule has 0 atom stereocenters. The third-order valence-corrected chi connectivity index (χ3v) is 1.45. The van der Waals surface area contributed by atoms with Gasteiger partial charge in [-0.15, -0.1) is 0 Å². The average molecular weight is 171 g/mol. The van der Waals surface area contributed by atoms with Crippen LogP contribution in [0.2, 0.25) is 0 Å². The largest absolute Gasteiger partial charge is 0.378 e. The molecule has 0 spiro atoms. The summed E-state index contributed by atoms with van der Waals surface area (Å²) < 4.78 is 4.75. The second-order valence-corrected chi connectivity index (χ2v) is 2.33. The number of rotatable bonds is 3. The monoisotopic (exact) mass is 171 g/mol. The van der Waals surface area contributed by atoms with Gasteiger partial charge in [-0.05, 0) is 6.92 Å². The van der Waals surface area contributed by atoms with E-state index in [1.807, 2.05) is 0 Å². The van der Waals surface area contributed by atoms with Gasteiger partial charge in [0.1, 0.15) is 5.69 Å². The third-order valence-electron chi connectivity index (χ3n) is 1.45. The average Bonchev–Trinajstić information content (AvgIpc) is 2.32. The highest BCUT2D eigenvalue weighted by atomic mass is 16.6. The van der Waals surface area contributed by atoms with Gasteiger partial charge in [-0.25, -0.2) is 0 Å². The van der Waals surface area contributed by atoms with Crippen molar-refractivity contribution < 1.29 is 9.66 Å². The Morgan fingerprint density at radius 1 is 1.75 bits per heavy atom. The zero-order valence-electron chi connectivity index (χ0n) is 6.83. The van der Waals surface area contributed by atoms with Gasteiger partial charge in [0, 0.05) is 7.11 Å². The predicted molar refractivity (Wildman–Crippen MR) is 40.7 cm³/mol. The van der Waals surface area contributed by atoms with Gasteiger partial charge in [0.15, 0.2) is 5.69 Å². The Labute approximate surface area is 68.7 Å². The van der Waals surface area contributed by atoms with Crippen molar-refractivity contribution in [3.63, 3.8) is 0 Å². The molecule has 0 saturated heterocycles. The molecule has 1 heterocycles. The predicted octanol–water partition coefficient (Wildman–Crippen LogP) is 0.773. The van der Waals surface area contributed by atoms with Gasteiger partial charge in [0.25, 0.3) is 0 Å². The minimum atomic E-state index is -0.465. The van der Waals surface area contributed by atoms with Crippen LogP contribution in [0.4, 0.5) is 5.69 Å². The van der Waals surface area contributed by atoms with E-state index < -0.39 is 4.92 Å². The van der Waals surface area contributed by atoms with Gasteiger partial charge in [0.2, 0.25) is 0 Å². The quantitative estimate of drug-likeness (QED) is 0.538. The van der Waals surface area contributed by atoms with E-state index in [0.29, 0.717) is 11.4 Å². The molecule has 0 unspecified atom stereocenters. The minimum absolute atomic E-state index is 0.0110. The molecule has 0 saturated carbocycles. The fourth-order valence-electron chi connectivity index (χ4n) is 0.953. The van der Waals surface area contributed by atoms with Crippen molar-refractivity contribution in [3.05, 3.63) is 21.5 Å². The van der Waals surface area contributed by atoms with Crippen LogP contribution >= 0.6 is 0 Å². The fourth-order valence-corrected chi connectivity index (χ4v) is 0.953. The molecule has 6 heteroatoms. The number of methoxy groups -OCH3 is 1. The summed E-state index contributed by atoms with van der Waals surface area (Å²) in [7, 11) is 1.47. The molecule has 0 aliphatic rings. The first-order valence-electron chi connectivity index (χ1n) is 3.34. The Morgan fingerprint density at radius 2 is 2.42 bits per heavy atom. The first kappa shape index (κ1) is 8.66. The lowest BCUT2D eigenvalue weighted by atomic mass is 10.3. The molecular weight excluding hydrogens is 162 g/mol. The molecule has 0 aromatic carbocycles. The number of hydrogen-bond acceptors (Lipinski definition) is 4. The van der Waals surface area contributed by atoms with E-state index in [9.17, 15) is 10.1 Å². The summed E-state index contributed by atoms with van der Waals surface area (Å²) in [4.78, 5) is 10.0. The topological polar surface area (TPSA) is 81.0 Å². The minimum Gasteiger partial charge on any atom is -0.378 e. The molecular formula is C6H9N3O3. The molecule has 0 aliphatic heterocycles. The lowest BCUT2D eigenvalue weighted by Crippen LogP contribution is -1.95. The molecule has 0 fully saturated rings. The SMILES string of the molecule is COCc1n[nH]c(C)c1[N+](=O)[O-]. The number of nitro groups is 1. The molecule has 66 valence electrons. The van der Waals surface area contributed by atoms with Gasteiger partial charge in [-0.2, -0.15) is 5.10 Å². The van der Waals surface area contributed by atoms with Crippen molar-refractivity contribution >= 4 is 5.69 Å². The molecule has 1 rings (SSSR count). The smallest absolute Gasteiger partial charge is 0.315 e. The van der Waals surface area contributed by atoms with Crippen LogP contribution in [0.5, 0.6) is 0 Å². The summed E-state index contributed by atoms with van der Waals surface area (Å²) >= 11 is 0. The van der Waals surface area contributed by atoms with E-state index in [1.54, 1.807) is 6.92 Å². The molecule has 12 heavy (non-hydrogen) atoms. The molecule has 0 radical (unpaired) electrons. The first-order chi connectivity index (χ1) is 5.66. The summed E-state index contributed by atoms with van der Waals surface area (Å²) in [5, 5.41) is 16.7. The van der Waals surface area contributed by atoms with Gasteiger partial charge >= 0.3 is 5.69 Å². The van der Waals surface area contributed by atoms with Crippen LogP contribution in [0, 0.1) is 17.0 Å². The molecule has 1 N–H and O–H groups in total. The Balaban J connectivity index is 3.04. The summed E-state index contributed by atoms with van der Waals surface area (Å²) in [6.07, 6.45) is 0. The second kappa shape index (κ2) is 3.31. The maximum absolute atomic E-state index is 10.5. The van der Waals surface area contributed by atoms with Gasteiger partial charge in [0.05, 0.1) is 11.5 Å². The Morgan fingerprint density at radius 3 is 2.92 bits per heavy atom. The van der Waals surface area contributed by atoms with Crippen LogP contribution in [-0.2, 0) is 11.3 Å². The van der Waals surface area contributed by atoms with Crippen LogP contribution in [0.3, 0.4) is 0 Å². The highest BCUT2D eigenvalue weighted by Crippen LogP contribution is 2.20. The van der Waals surface area contributed by atoms with Gasteiger partial charge in [-0.3, -0.25) is 15.2 Å². The molecule has 1 aromatic heterocycles. The highest BCUT2D eigenvalue weighted by Gasteiger charge is 2.20. The zero-order valence-corrected chi connectivity index (χ0v) is 6.83. The van der Waals surface area contributed by atoms with E-state index in [4.69, 9.17) is 4.74 Å². The number of ether oxygens (including phenoxy) is 1. The van der Waals surface area contributed by atoms with Crippen molar-refractivity contribution in [1.82, 2.24) is 10.2 Å².